The summed E-state index contributed by atoms with van der Waals surface area (Å²) in [5.74, 6) is -4.05. The monoisotopic (exact) mass is 405 g/mol. The number of hydrogen-bond donors (Lipinski definition) is 4. The molecule has 11 heteroatoms. The molecule has 0 saturated carbocycles. The second-order valence-corrected chi connectivity index (χ2v) is 6.26. The van der Waals surface area contributed by atoms with Crippen LogP contribution in [0.15, 0.2) is 0 Å². The highest BCUT2D eigenvalue weighted by molar-refractivity contribution is 5.82. The van der Waals surface area contributed by atoms with Crippen LogP contribution in [0.3, 0.4) is 0 Å². The van der Waals surface area contributed by atoms with Crippen molar-refractivity contribution in [3.8, 4) is 0 Å². The second kappa shape index (κ2) is 10.7. The molecular weight excluding hydrogens is 380 g/mol. The van der Waals surface area contributed by atoms with Gasteiger partial charge in [0, 0.05) is 13.6 Å². The van der Waals surface area contributed by atoms with Crippen LogP contribution in [0, 0.1) is 21.7 Å². The SMILES string of the molecule is CCCCCc1c(F)c(N(C)CCO)c(F)c(N[C@@H](CO)C(=O)O)c1[N+](=O)[O-]. The number of hydrogen-bond acceptors (Lipinski definition) is 7. The van der Waals surface area contributed by atoms with Gasteiger partial charge in [0.2, 0.25) is 0 Å². The van der Waals surface area contributed by atoms with Gasteiger partial charge in [0.1, 0.15) is 11.7 Å². The van der Waals surface area contributed by atoms with Gasteiger partial charge in [0.05, 0.1) is 23.7 Å². The van der Waals surface area contributed by atoms with Crippen LogP contribution in [0.4, 0.5) is 25.8 Å². The molecule has 0 aliphatic carbocycles. The molecule has 0 spiro atoms. The first kappa shape index (κ1) is 23.5. The van der Waals surface area contributed by atoms with Gasteiger partial charge in [-0.05, 0) is 12.8 Å². The molecule has 0 fully saturated rings. The van der Waals surface area contributed by atoms with Crippen LogP contribution >= 0.6 is 0 Å². The standard InChI is InChI=1S/C17H25F2N3O6/c1-3-4-5-6-10-12(18)16(21(2)7-8-23)13(19)14(15(10)22(27)28)20-11(9-24)17(25)26/h11,20,23-24H,3-9H2,1-2H3,(H,25,26)/t11-/m0/s1. The maximum Gasteiger partial charge on any atom is 0.328 e. The topological polar surface area (TPSA) is 136 Å². The number of nitrogens with zero attached hydrogens (tertiary/aromatic N) is 2. The number of aliphatic hydroxyl groups excluding tert-OH is 2. The fourth-order valence-corrected chi connectivity index (χ4v) is 2.79. The number of halogens is 2. The fourth-order valence-electron chi connectivity index (χ4n) is 2.79. The van der Waals surface area contributed by atoms with E-state index in [1.165, 1.54) is 7.05 Å². The number of nitro benzene ring substituents is 1. The highest BCUT2D eigenvalue weighted by Crippen LogP contribution is 2.41. The Hall–Kier alpha value is -2.53. The van der Waals surface area contributed by atoms with Crippen molar-refractivity contribution in [1.29, 1.82) is 0 Å². The molecule has 0 heterocycles. The Morgan fingerprint density at radius 1 is 1.29 bits per heavy atom. The lowest BCUT2D eigenvalue weighted by Crippen LogP contribution is -2.34. The van der Waals surface area contributed by atoms with Gasteiger partial charge in [0.25, 0.3) is 0 Å². The fraction of sp³-hybridized carbons (Fsp3) is 0.588. The molecule has 1 atom stereocenters. The second-order valence-electron chi connectivity index (χ2n) is 6.26. The van der Waals surface area contributed by atoms with Crippen molar-refractivity contribution < 1.29 is 33.8 Å². The van der Waals surface area contributed by atoms with Crippen LogP contribution in [0.1, 0.15) is 31.7 Å². The molecule has 158 valence electrons. The number of likely N-dealkylation sites (N-methyl/N-ethyl adjacent to an activating group) is 1. The van der Waals surface area contributed by atoms with E-state index in [0.29, 0.717) is 12.8 Å². The van der Waals surface area contributed by atoms with Crippen LogP contribution in [-0.4, -0.2) is 59.1 Å². The number of unbranched alkanes of at least 4 members (excludes halogenated alkanes) is 2. The summed E-state index contributed by atoms with van der Waals surface area (Å²) >= 11 is 0. The minimum absolute atomic E-state index is 0.0538. The van der Waals surface area contributed by atoms with Gasteiger partial charge in [0.15, 0.2) is 17.3 Å². The summed E-state index contributed by atoms with van der Waals surface area (Å²) in [5.41, 5.74) is -2.67. The van der Waals surface area contributed by atoms with Crippen LogP contribution in [-0.2, 0) is 11.2 Å². The molecule has 1 aromatic carbocycles. The quantitative estimate of drug-likeness (QED) is 0.235. The van der Waals surface area contributed by atoms with E-state index in [4.69, 9.17) is 10.2 Å². The first-order valence-corrected chi connectivity index (χ1v) is 8.81. The highest BCUT2D eigenvalue weighted by atomic mass is 19.1. The molecule has 0 bridgehead atoms. The number of carboxylic acids is 1. The van der Waals surface area contributed by atoms with Crippen LogP contribution in [0.5, 0.6) is 0 Å². The Labute approximate surface area is 160 Å². The Morgan fingerprint density at radius 2 is 1.93 bits per heavy atom. The Kier molecular flexibility index (Phi) is 9.00. The largest absolute Gasteiger partial charge is 0.480 e. The van der Waals surface area contributed by atoms with Crippen LogP contribution in [0.2, 0.25) is 0 Å². The maximum atomic E-state index is 15.1. The van der Waals surface area contributed by atoms with E-state index in [1.807, 2.05) is 6.92 Å². The van der Waals surface area contributed by atoms with Crippen molar-refractivity contribution >= 4 is 23.0 Å². The van der Waals surface area contributed by atoms with E-state index in [9.17, 15) is 20.0 Å². The molecule has 0 amide bonds. The summed E-state index contributed by atoms with van der Waals surface area (Å²) in [6.07, 6.45) is 1.78. The van der Waals surface area contributed by atoms with E-state index < -0.39 is 58.8 Å². The third-order valence-electron chi connectivity index (χ3n) is 4.25. The summed E-state index contributed by atoms with van der Waals surface area (Å²) < 4.78 is 30.1. The van der Waals surface area contributed by atoms with E-state index in [-0.39, 0.29) is 18.5 Å². The van der Waals surface area contributed by atoms with Crippen molar-refractivity contribution in [3.05, 3.63) is 27.3 Å². The summed E-state index contributed by atoms with van der Waals surface area (Å²) in [7, 11) is 1.30. The number of aliphatic carboxylic acids is 1. The van der Waals surface area contributed by atoms with Gasteiger partial charge in [-0.3, -0.25) is 10.1 Å². The number of nitro groups is 1. The molecule has 0 aliphatic rings. The minimum Gasteiger partial charge on any atom is -0.480 e. The van der Waals surface area contributed by atoms with Crippen LogP contribution < -0.4 is 10.2 Å². The first-order valence-electron chi connectivity index (χ1n) is 8.81. The zero-order valence-electron chi connectivity index (χ0n) is 15.7. The number of aliphatic hydroxyl groups is 2. The van der Waals surface area contributed by atoms with Crippen molar-refractivity contribution in [2.75, 3.05) is 37.0 Å². The van der Waals surface area contributed by atoms with Gasteiger partial charge < -0.3 is 25.5 Å². The van der Waals surface area contributed by atoms with Gasteiger partial charge in [-0.15, -0.1) is 0 Å². The van der Waals surface area contributed by atoms with E-state index in [2.05, 4.69) is 5.32 Å². The summed E-state index contributed by atoms with van der Waals surface area (Å²) in [5, 5.41) is 41.1. The van der Waals surface area contributed by atoms with E-state index in [1.54, 1.807) is 0 Å². The van der Waals surface area contributed by atoms with Gasteiger partial charge in [-0.1, -0.05) is 19.8 Å². The number of nitrogens with one attached hydrogen (secondary N) is 1. The summed E-state index contributed by atoms with van der Waals surface area (Å²) in [6.45, 7) is 0.356. The lowest BCUT2D eigenvalue weighted by Gasteiger charge is -2.24. The lowest BCUT2D eigenvalue weighted by atomic mass is 10.0. The molecule has 0 radical (unpaired) electrons. The molecular formula is C17H25F2N3O6. The molecule has 0 aliphatic heterocycles. The van der Waals surface area contributed by atoms with Gasteiger partial charge in [-0.2, -0.15) is 0 Å². The van der Waals surface area contributed by atoms with E-state index >= 15 is 8.78 Å². The zero-order valence-corrected chi connectivity index (χ0v) is 15.7. The van der Waals surface area contributed by atoms with Crippen molar-refractivity contribution in [2.24, 2.45) is 0 Å². The predicted octanol–water partition coefficient (Wildman–Crippen LogP) is 1.89. The van der Waals surface area contributed by atoms with Gasteiger partial charge >= 0.3 is 11.7 Å². The smallest absolute Gasteiger partial charge is 0.328 e. The molecule has 9 nitrogen and oxygen atoms in total. The molecule has 28 heavy (non-hydrogen) atoms. The Bertz CT molecular complexity index is 717. The molecule has 1 rings (SSSR count). The third-order valence-corrected chi connectivity index (χ3v) is 4.25. The van der Waals surface area contributed by atoms with Crippen LogP contribution in [0.25, 0.3) is 0 Å². The number of carbonyl (C=O) groups is 1. The number of rotatable bonds is 12. The summed E-state index contributed by atoms with van der Waals surface area (Å²) in [6, 6.07) is -1.72. The Balaban J connectivity index is 3.72. The van der Waals surface area contributed by atoms with E-state index in [0.717, 1.165) is 11.3 Å². The molecule has 0 saturated heterocycles. The number of anilines is 2. The normalized spacial score (nSPS) is 11.9. The average Bonchev–Trinajstić information content (AvgIpc) is 2.62. The van der Waals surface area contributed by atoms with Crippen molar-refractivity contribution in [1.82, 2.24) is 0 Å². The Morgan fingerprint density at radius 3 is 2.39 bits per heavy atom. The van der Waals surface area contributed by atoms with Gasteiger partial charge in [-0.25, -0.2) is 13.6 Å². The number of carboxylic acid groups (broad SMARTS) is 1. The van der Waals surface area contributed by atoms with Crippen molar-refractivity contribution in [2.45, 2.75) is 38.6 Å². The highest BCUT2D eigenvalue weighted by Gasteiger charge is 2.34. The minimum atomic E-state index is -1.72. The lowest BCUT2D eigenvalue weighted by molar-refractivity contribution is -0.385. The molecule has 0 unspecified atom stereocenters. The molecule has 4 N–H and O–H groups in total. The maximum absolute atomic E-state index is 15.1. The zero-order chi connectivity index (χ0) is 21.4. The number of benzene rings is 1. The summed E-state index contributed by atoms with van der Waals surface area (Å²) in [4.78, 5) is 22.9. The molecule has 1 aromatic rings. The average molecular weight is 405 g/mol. The van der Waals surface area contributed by atoms with Crippen molar-refractivity contribution in [3.63, 3.8) is 0 Å². The first-order chi connectivity index (χ1) is 13.2. The third kappa shape index (κ3) is 5.26. The molecule has 0 aromatic heterocycles. The predicted molar refractivity (Wildman–Crippen MR) is 98.7 cm³/mol.